The summed E-state index contributed by atoms with van der Waals surface area (Å²) in [6, 6.07) is 12.3. The summed E-state index contributed by atoms with van der Waals surface area (Å²) in [7, 11) is 0. The molecule has 0 spiro atoms. The van der Waals surface area contributed by atoms with Gasteiger partial charge in [0, 0.05) is 9.37 Å². The smallest absolute Gasteiger partial charge is 0.148 e. The van der Waals surface area contributed by atoms with Gasteiger partial charge in [-0.1, -0.05) is 39.7 Å². The summed E-state index contributed by atoms with van der Waals surface area (Å²) in [6.45, 7) is 0. The second kappa shape index (κ2) is 5.76. The zero-order chi connectivity index (χ0) is 12.3. The minimum atomic E-state index is -0.307. The summed E-state index contributed by atoms with van der Waals surface area (Å²) in [5.74, 6) is -0.307. The zero-order valence-electron chi connectivity index (χ0n) is 8.58. The van der Waals surface area contributed by atoms with Crippen LogP contribution in [0.3, 0.4) is 0 Å². The third-order valence-corrected chi connectivity index (χ3v) is 3.87. The highest BCUT2D eigenvalue weighted by molar-refractivity contribution is 9.10. The Bertz CT molecular complexity index is 536. The van der Waals surface area contributed by atoms with Crippen molar-refractivity contribution >= 4 is 45.2 Å². The van der Waals surface area contributed by atoms with E-state index >= 15 is 0 Å². The molecule has 0 aliphatic carbocycles. The molecular weight excluding hydrogens is 325 g/mol. The molecule has 0 amide bonds. The molecule has 0 aliphatic rings. The first-order valence-electron chi connectivity index (χ1n) is 4.79. The monoisotopic (exact) mass is 331 g/mol. The van der Waals surface area contributed by atoms with Crippen LogP contribution in [0.2, 0.25) is 5.02 Å². The number of anilines is 1. The van der Waals surface area contributed by atoms with Crippen LogP contribution in [-0.2, 0) is 0 Å². The van der Waals surface area contributed by atoms with Crippen molar-refractivity contribution in [1.82, 2.24) is 0 Å². The number of nitrogens with one attached hydrogen (secondary N) is 1. The fraction of sp³-hybridized carbons (Fsp3) is 0. The van der Waals surface area contributed by atoms with E-state index in [0.717, 1.165) is 4.90 Å². The van der Waals surface area contributed by atoms with Crippen LogP contribution >= 0.6 is 39.5 Å². The number of hydrogen-bond acceptors (Lipinski definition) is 2. The van der Waals surface area contributed by atoms with Gasteiger partial charge in [-0.15, -0.1) is 0 Å². The van der Waals surface area contributed by atoms with Crippen molar-refractivity contribution in [3.63, 3.8) is 0 Å². The minimum absolute atomic E-state index is 0.307. The van der Waals surface area contributed by atoms with Gasteiger partial charge in [-0.25, -0.2) is 4.39 Å². The van der Waals surface area contributed by atoms with Crippen molar-refractivity contribution in [3.05, 3.63) is 57.8 Å². The number of rotatable bonds is 3. The Labute approximate surface area is 117 Å². The van der Waals surface area contributed by atoms with Crippen LogP contribution in [0.15, 0.2) is 51.8 Å². The molecule has 5 heteroatoms. The molecule has 1 N–H and O–H groups in total. The summed E-state index contributed by atoms with van der Waals surface area (Å²) in [4.78, 5) is 0.858. The molecule has 0 unspecified atom stereocenters. The lowest BCUT2D eigenvalue weighted by Crippen LogP contribution is -1.90. The van der Waals surface area contributed by atoms with Crippen LogP contribution < -0.4 is 4.72 Å². The molecular formula is C12H8BrClFNS. The first kappa shape index (κ1) is 12.7. The van der Waals surface area contributed by atoms with Crippen molar-refractivity contribution < 1.29 is 4.39 Å². The van der Waals surface area contributed by atoms with Crippen LogP contribution in [0.1, 0.15) is 0 Å². The normalized spacial score (nSPS) is 10.3. The Hall–Kier alpha value is -0.710. The molecule has 2 aromatic rings. The molecule has 2 aromatic carbocycles. The van der Waals surface area contributed by atoms with Crippen molar-refractivity contribution in [3.8, 4) is 0 Å². The lowest BCUT2D eigenvalue weighted by Gasteiger charge is -2.07. The van der Waals surface area contributed by atoms with Gasteiger partial charge in [0.2, 0.25) is 0 Å². The van der Waals surface area contributed by atoms with E-state index in [-0.39, 0.29) is 5.82 Å². The molecule has 0 aromatic heterocycles. The van der Waals surface area contributed by atoms with E-state index in [0.29, 0.717) is 15.2 Å². The van der Waals surface area contributed by atoms with E-state index in [4.69, 9.17) is 11.6 Å². The average molecular weight is 333 g/mol. The summed E-state index contributed by atoms with van der Waals surface area (Å²) >= 11 is 10.5. The van der Waals surface area contributed by atoms with Crippen LogP contribution in [0.4, 0.5) is 10.1 Å². The summed E-state index contributed by atoms with van der Waals surface area (Å²) < 4.78 is 17.2. The second-order valence-corrected chi connectivity index (χ2v) is 5.43. The summed E-state index contributed by atoms with van der Waals surface area (Å²) in [5, 5.41) is 0.641. The van der Waals surface area contributed by atoms with Gasteiger partial charge in [-0.2, -0.15) is 0 Å². The molecule has 88 valence electrons. The lowest BCUT2D eigenvalue weighted by molar-refractivity contribution is 0.632. The first-order valence-corrected chi connectivity index (χ1v) is 6.78. The maximum Gasteiger partial charge on any atom is 0.148 e. The number of benzene rings is 2. The molecule has 0 saturated carbocycles. The Morgan fingerprint density at radius 2 is 1.94 bits per heavy atom. The van der Waals surface area contributed by atoms with Crippen LogP contribution in [-0.4, -0.2) is 0 Å². The van der Waals surface area contributed by atoms with Gasteiger partial charge in [-0.05, 0) is 42.3 Å². The molecule has 2 rings (SSSR count). The van der Waals surface area contributed by atoms with Crippen LogP contribution in [0, 0.1) is 5.82 Å². The minimum Gasteiger partial charge on any atom is -0.323 e. The Morgan fingerprint density at radius 1 is 1.18 bits per heavy atom. The van der Waals surface area contributed by atoms with E-state index in [1.165, 1.54) is 18.0 Å². The molecule has 0 fully saturated rings. The highest BCUT2D eigenvalue weighted by Crippen LogP contribution is 2.29. The maximum atomic E-state index is 13.5. The molecule has 0 heterocycles. The maximum absolute atomic E-state index is 13.5. The average Bonchev–Trinajstić information content (AvgIpc) is 2.30. The number of hydrogen-bond donors (Lipinski definition) is 1. The molecule has 1 nitrogen and oxygen atoms in total. The highest BCUT2D eigenvalue weighted by atomic mass is 79.9. The van der Waals surface area contributed by atoms with Crippen molar-refractivity contribution in [2.75, 3.05) is 4.72 Å². The second-order valence-electron chi connectivity index (χ2n) is 3.26. The Balaban J connectivity index is 2.10. The van der Waals surface area contributed by atoms with Gasteiger partial charge in [0.25, 0.3) is 0 Å². The molecule has 0 atom stereocenters. The molecule has 0 radical (unpaired) electrons. The van der Waals surface area contributed by atoms with E-state index in [9.17, 15) is 4.39 Å². The largest absolute Gasteiger partial charge is 0.323 e. The van der Waals surface area contributed by atoms with Crippen molar-refractivity contribution in [2.45, 2.75) is 4.90 Å². The SMILES string of the molecule is Fc1cc(Br)ccc1NSc1ccccc1Cl. The molecule has 0 saturated heterocycles. The molecule has 0 bridgehead atoms. The summed E-state index contributed by atoms with van der Waals surface area (Å²) in [5.41, 5.74) is 0.429. The molecule has 17 heavy (non-hydrogen) atoms. The van der Waals surface area contributed by atoms with E-state index in [2.05, 4.69) is 20.7 Å². The third kappa shape index (κ3) is 3.37. The van der Waals surface area contributed by atoms with Crippen LogP contribution in [0.25, 0.3) is 0 Å². The van der Waals surface area contributed by atoms with E-state index in [1.807, 2.05) is 18.2 Å². The van der Waals surface area contributed by atoms with Gasteiger partial charge in [0.1, 0.15) is 5.82 Å². The fourth-order valence-corrected chi connectivity index (χ4v) is 2.49. The summed E-state index contributed by atoms with van der Waals surface area (Å²) in [6.07, 6.45) is 0. The van der Waals surface area contributed by atoms with E-state index in [1.54, 1.807) is 18.2 Å². The Morgan fingerprint density at radius 3 is 2.65 bits per heavy atom. The standard InChI is InChI=1S/C12H8BrClFNS/c13-8-5-6-11(10(15)7-8)16-17-12-4-2-1-3-9(12)14/h1-7,16H. The van der Waals surface area contributed by atoms with Crippen molar-refractivity contribution in [2.24, 2.45) is 0 Å². The van der Waals surface area contributed by atoms with Crippen molar-refractivity contribution in [1.29, 1.82) is 0 Å². The van der Waals surface area contributed by atoms with Gasteiger partial charge < -0.3 is 4.72 Å². The lowest BCUT2D eigenvalue weighted by atomic mass is 10.3. The van der Waals surface area contributed by atoms with Gasteiger partial charge >= 0.3 is 0 Å². The zero-order valence-corrected chi connectivity index (χ0v) is 11.7. The first-order chi connectivity index (χ1) is 8.16. The third-order valence-electron chi connectivity index (χ3n) is 2.04. The quantitative estimate of drug-likeness (QED) is 0.759. The Kier molecular flexibility index (Phi) is 4.31. The molecule has 0 aliphatic heterocycles. The predicted octanol–water partition coefficient (Wildman–Crippen LogP) is 5.36. The van der Waals surface area contributed by atoms with Gasteiger partial charge in [-0.3, -0.25) is 0 Å². The highest BCUT2D eigenvalue weighted by Gasteiger charge is 2.04. The topological polar surface area (TPSA) is 12.0 Å². The van der Waals surface area contributed by atoms with E-state index < -0.39 is 0 Å². The number of halogens is 3. The predicted molar refractivity (Wildman–Crippen MR) is 75.0 cm³/mol. The van der Waals surface area contributed by atoms with Gasteiger partial charge in [0.15, 0.2) is 0 Å². The van der Waals surface area contributed by atoms with Crippen LogP contribution in [0.5, 0.6) is 0 Å². The van der Waals surface area contributed by atoms with Gasteiger partial charge in [0.05, 0.1) is 10.7 Å². The fourth-order valence-electron chi connectivity index (χ4n) is 1.21.